The minimum atomic E-state index is -1.47. The summed E-state index contributed by atoms with van der Waals surface area (Å²) in [6.45, 7) is 7.71. The molecule has 160 valence electrons. The van der Waals surface area contributed by atoms with Crippen LogP contribution in [-0.2, 0) is 26.1 Å². The number of hydrogen-bond acceptors (Lipinski definition) is 3. The molecule has 1 N–H and O–H groups in total. The van der Waals surface area contributed by atoms with Crippen LogP contribution in [0, 0.1) is 0 Å². The maximum atomic E-state index is 13.9. The molecule has 1 aliphatic heterocycles. The van der Waals surface area contributed by atoms with Gasteiger partial charge in [0, 0.05) is 13.1 Å². The van der Waals surface area contributed by atoms with Gasteiger partial charge in [-0.1, -0.05) is 66.7 Å². The molecular weight excluding hydrogens is 396 g/mol. The topological polar surface area (TPSA) is 58.6 Å². The highest BCUT2D eigenvalue weighted by molar-refractivity contribution is 7.84. The van der Waals surface area contributed by atoms with E-state index in [4.69, 9.17) is 4.74 Å². The van der Waals surface area contributed by atoms with Gasteiger partial charge in [0.15, 0.2) is 5.54 Å². The normalized spacial score (nSPS) is 18.2. The van der Waals surface area contributed by atoms with Gasteiger partial charge < -0.3 is 9.64 Å². The van der Waals surface area contributed by atoms with E-state index in [0.717, 1.165) is 11.1 Å². The van der Waals surface area contributed by atoms with E-state index in [0.29, 0.717) is 26.3 Å². The Kier molecular flexibility index (Phi) is 7.23. The maximum absolute atomic E-state index is 13.9. The molecule has 3 rings (SSSR count). The summed E-state index contributed by atoms with van der Waals surface area (Å²) in [5, 5.41) is 0. The van der Waals surface area contributed by atoms with Crippen LogP contribution in [0.2, 0.25) is 0 Å². The van der Waals surface area contributed by atoms with Crippen LogP contribution < -0.4 is 4.72 Å². The molecule has 0 saturated carbocycles. The Morgan fingerprint density at radius 2 is 1.57 bits per heavy atom. The van der Waals surface area contributed by atoms with Gasteiger partial charge in [0.05, 0.1) is 28.9 Å². The molecule has 30 heavy (non-hydrogen) atoms. The second-order valence-electron chi connectivity index (χ2n) is 8.31. The summed E-state index contributed by atoms with van der Waals surface area (Å²) in [6, 6.07) is 19.3. The molecule has 0 aromatic heterocycles. The Bertz CT molecular complexity index is 888. The third-order valence-electron chi connectivity index (χ3n) is 5.00. The average molecular weight is 427 g/mol. The van der Waals surface area contributed by atoms with E-state index in [1.807, 2.05) is 93.6 Å². The third-order valence-corrected chi connectivity index (χ3v) is 6.62. The van der Waals surface area contributed by atoms with E-state index >= 15 is 0 Å². The molecule has 1 fully saturated rings. The largest absolute Gasteiger partial charge is 0.378 e. The van der Waals surface area contributed by atoms with Crippen molar-refractivity contribution in [3.63, 3.8) is 0 Å². The van der Waals surface area contributed by atoms with Crippen molar-refractivity contribution in [3.05, 3.63) is 77.9 Å². The van der Waals surface area contributed by atoms with Crippen molar-refractivity contribution in [1.29, 1.82) is 0 Å². The number of ether oxygens (including phenoxy) is 1. The van der Waals surface area contributed by atoms with Crippen molar-refractivity contribution < 1.29 is 13.7 Å². The number of nitrogens with zero attached hydrogens (tertiary/aromatic N) is 1. The zero-order valence-corrected chi connectivity index (χ0v) is 18.7. The molecule has 0 unspecified atom stereocenters. The monoisotopic (exact) mass is 426 g/mol. The van der Waals surface area contributed by atoms with Gasteiger partial charge in [-0.15, -0.1) is 0 Å². The highest BCUT2D eigenvalue weighted by atomic mass is 32.2. The molecule has 1 aliphatic rings. The van der Waals surface area contributed by atoms with Crippen LogP contribution in [-0.4, -0.2) is 46.1 Å². The lowest BCUT2D eigenvalue weighted by Crippen LogP contribution is -2.58. The van der Waals surface area contributed by atoms with Crippen molar-refractivity contribution in [2.45, 2.75) is 31.1 Å². The van der Waals surface area contributed by atoms with Gasteiger partial charge in [-0.3, -0.25) is 4.79 Å². The summed E-state index contributed by atoms with van der Waals surface area (Å²) < 4.78 is 21.3. The minimum absolute atomic E-state index is 0.123. The molecule has 0 bridgehead atoms. The van der Waals surface area contributed by atoms with Crippen molar-refractivity contribution in [2.24, 2.45) is 0 Å². The zero-order valence-electron chi connectivity index (χ0n) is 17.8. The van der Waals surface area contributed by atoms with Gasteiger partial charge in [-0.2, -0.15) is 0 Å². The molecule has 1 heterocycles. The number of amides is 1. The minimum Gasteiger partial charge on any atom is -0.378 e. The van der Waals surface area contributed by atoms with Crippen molar-refractivity contribution in [2.75, 3.05) is 26.3 Å². The molecule has 5 nitrogen and oxygen atoms in total. The molecule has 2 aromatic carbocycles. The number of nitrogens with one attached hydrogen (secondary N) is 1. The molecule has 1 saturated heterocycles. The van der Waals surface area contributed by atoms with Crippen LogP contribution >= 0.6 is 0 Å². The fourth-order valence-electron chi connectivity index (χ4n) is 3.23. The van der Waals surface area contributed by atoms with Gasteiger partial charge in [0.2, 0.25) is 0 Å². The molecule has 0 aliphatic carbocycles. The van der Waals surface area contributed by atoms with Crippen LogP contribution in [0.4, 0.5) is 0 Å². The van der Waals surface area contributed by atoms with E-state index in [2.05, 4.69) is 4.72 Å². The van der Waals surface area contributed by atoms with Crippen LogP contribution in [0.3, 0.4) is 0 Å². The smallest absolute Gasteiger partial charge is 0.252 e. The van der Waals surface area contributed by atoms with Gasteiger partial charge in [0.25, 0.3) is 5.91 Å². The number of carbonyl (C=O) groups excluding carboxylic acids is 1. The fraction of sp³-hybridized carbons (Fsp3) is 0.375. The Balaban J connectivity index is 2.12. The number of carbonyl (C=O) groups is 1. The van der Waals surface area contributed by atoms with Gasteiger partial charge in [-0.25, -0.2) is 8.93 Å². The first-order valence-electron chi connectivity index (χ1n) is 10.2. The standard InChI is InChI=1S/C24H30N2O3S/c1-23(2,3)30(28)25-24(21-12-8-5-9-13-21,15-14-20-10-6-4-7-11-20)22(27)26-16-18-29-19-17-26/h4-15,25H,16-19H2,1-3H3/b15-14+/t24-,30-/m0/s1. The number of hydrogen-bond donors (Lipinski definition) is 1. The Morgan fingerprint density at radius 3 is 2.13 bits per heavy atom. The Hall–Kier alpha value is -2.28. The van der Waals surface area contributed by atoms with E-state index in [9.17, 15) is 9.00 Å². The first kappa shape index (κ1) is 22.4. The third kappa shape index (κ3) is 5.25. The number of morpholine rings is 1. The van der Waals surface area contributed by atoms with Crippen LogP contribution in [0.5, 0.6) is 0 Å². The first-order chi connectivity index (χ1) is 14.3. The molecule has 2 atom stereocenters. The van der Waals surface area contributed by atoms with E-state index in [1.54, 1.807) is 4.90 Å². The van der Waals surface area contributed by atoms with Gasteiger partial charge >= 0.3 is 0 Å². The van der Waals surface area contributed by atoms with E-state index in [-0.39, 0.29) is 5.91 Å². The summed E-state index contributed by atoms with van der Waals surface area (Å²) in [5.41, 5.74) is 0.467. The molecule has 0 spiro atoms. The lowest BCUT2D eigenvalue weighted by atomic mass is 9.88. The average Bonchev–Trinajstić information content (AvgIpc) is 2.77. The second-order valence-corrected chi connectivity index (χ2v) is 10.3. The van der Waals surface area contributed by atoms with Crippen LogP contribution in [0.25, 0.3) is 6.08 Å². The highest BCUT2D eigenvalue weighted by Gasteiger charge is 2.44. The number of rotatable bonds is 6. The van der Waals surface area contributed by atoms with Gasteiger partial charge in [0.1, 0.15) is 0 Å². The second kappa shape index (κ2) is 9.69. The SMILES string of the molecule is CC(C)(C)[S@](=O)N[C@](/C=C/c1ccccc1)(C(=O)N1CCOCC1)c1ccccc1. The molecule has 0 radical (unpaired) electrons. The lowest BCUT2D eigenvalue weighted by Gasteiger charge is -2.39. The van der Waals surface area contributed by atoms with E-state index < -0.39 is 21.3 Å². The van der Waals surface area contributed by atoms with Crippen LogP contribution in [0.15, 0.2) is 66.7 Å². The molecule has 1 amide bonds. The van der Waals surface area contributed by atoms with Crippen LogP contribution in [0.1, 0.15) is 31.9 Å². The highest BCUT2D eigenvalue weighted by Crippen LogP contribution is 2.30. The number of benzene rings is 2. The summed E-state index contributed by atoms with van der Waals surface area (Å²) >= 11 is 0. The maximum Gasteiger partial charge on any atom is 0.252 e. The van der Waals surface area contributed by atoms with E-state index in [1.165, 1.54) is 0 Å². The predicted molar refractivity (Wildman–Crippen MR) is 122 cm³/mol. The lowest BCUT2D eigenvalue weighted by molar-refractivity contribution is -0.140. The predicted octanol–water partition coefficient (Wildman–Crippen LogP) is 3.51. The Morgan fingerprint density at radius 1 is 1.00 bits per heavy atom. The first-order valence-corrected chi connectivity index (χ1v) is 11.3. The summed E-state index contributed by atoms with van der Waals surface area (Å²) in [4.78, 5) is 15.7. The molecular formula is C24H30N2O3S. The summed E-state index contributed by atoms with van der Waals surface area (Å²) in [5.74, 6) is -0.123. The quantitative estimate of drug-likeness (QED) is 0.769. The van der Waals surface area contributed by atoms with Crippen molar-refractivity contribution >= 4 is 23.0 Å². The molecule has 2 aromatic rings. The zero-order chi connectivity index (χ0) is 21.6. The molecule has 6 heteroatoms. The van der Waals surface area contributed by atoms with Crippen molar-refractivity contribution in [1.82, 2.24) is 9.62 Å². The fourth-order valence-corrected chi connectivity index (χ4v) is 4.10. The van der Waals surface area contributed by atoms with Crippen molar-refractivity contribution in [3.8, 4) is 0 Å². The summed E-state index contributed by atoms with van der Waals surface area (Å²) in [6.07, 6.45) is 3.76. The van der Waals surface area contributed by atoms with Gasteiger partial charge in [-0.05, 0) is 38.0 Å². The summed E-state index contributed by atoms with van der Waals surface area (Å²) in [7, 11) is -1.47. The Labute approximate surface area is 181 Å².